The smallest absolute Gasteiger partial charge is 0.432 e. The molecule has 0 spiro atoms. The zero-order chi connectivity index (χ0) is 27.6. The lowest BCUT2D eigenvalue weighted by Crippen LogP contribution is -2.58. The summed E-state index contributed by atoms with van der Waals surface area (Å²) in [5, 5.41) is 0. The van der Waals surface area contributed by atoms with Gasteiger partial charge in [-0.1, -0.05) is 30.3 Å². The van der Waals surface area contributed by atoms with E-state index in [1.54, 1.807) is 6.92 Å². The maximum Gasteiger partial charge on any atom is 0.432 e. The van der Waals surface area contributed by atoms with Crippen LogP contribution in [0.3, 0.4) is 0 Å². The number of carbonyl (C=O) groups is 3. The third kappa shape index (κ3) is 7.33. The van der Waals surface area contributed by atoms with Crippen LogP contribution in [0.1, 0.15) is 32.3 Å². The van der Waals surface area contributed by atoms with Crippen LogP contribution in [0.25, 0.3) is 0 Å². The third-order valence-corrected chi connectivity index (χ3v) is 5.82. The highest BCUT2D eigenvalue weighted by molar-refractivity contribution is 5.82. The Morgan fingerprint density at radius 3 is 2.05 bits per heavy atom. The predicted molar refractivity (Wildman–Crippen MR) is 121 cm³/mol. The van der Waals surface area contributed by atoms with Gasteiger partial charge >= 0.3 is 24.2 Å². The predicted octanol–water partition coefficient (Wildman–Crippen LogP) is 3.18. The van der Waals surface area contributed by atoms with Crippen molar-refractivity contribution in [3.05, 3.63) is 35.9 Å². The molecule has 37 heavy (non-hydrogen) atoms. The first-order valence-corrected chi connectivity index (χ1v) is 11.5. The Hall–Kier alpha value is -2.90. The van der Waals surface area contributed by atoms with Crippen molar-refractivity contribution >= 4 is 18.0 Å². The fourth-order valence-corrected chi connectivity index (χ4v) is 4.20. The van der Waals surface area contributed by atoms with Gasteiger partial charge in [0, 0.05) is 26.7 Å². The van der Waals surface area contributed by atoms with Gasteiger partial charge in [0.2, 0.25) is 0 Å². The van der Waals surface area contributed by atoms with Crippen LogP contribution in [-0.2, 0) is 43.6 Å². The molecule has 13 heteroatoms. The Balaban J connectivity index is 2.36. The van der Waals surface area contributed by atoms with E-state index in [9.17, 15) is 27.6 Å². The molecule has 1 heterocycles. The third-order valence-electron chi connectivity index (χ3n) is 5.82. The Morgan fingerprint density at radius 2 is 1.57 bits per heavy atom. The number of ether oxygens (including phenoxy) is 6. The van der Waals surface area contributed by atoms with Crippen molar-refractivity contribution in [1.29, 1.82) is 0 Å². The molecular formula is C24H32F3NO9. The van der Waals surface area contributed by atoms with Gasteiger partial charge in [0.15, 0.2) is 0 Å². The van der Waals surface area contributed by atoms with Crippen molar-refractivity contribution in [3.8, 4) is 0 Å². The first-order chi connectivity index (χ1) is 17.5. The van der Waals surface area contributed by atoms with E-state index in [0.29, 0.717) is 0 Å². The lowest BCUT2D eigenvalue weighted by molar-refractivity contribution is -0.277. The minimum absolute atomic E-state index is 0.0145. The molecular weight excluding hydrogens is 503 g/mol. The summed E-state index contributed by atoms with van der Waals surface area (Å²) in [5.74, 6) is -2.29. The van der Waals surface area contributed by atoms with E-state index in [4.69, 9.17) is 28.4 Å². The molecule has 0 bridgehead atoms. The molecule has 1 amide bonds. The first kappa shape index (κ1) is 30.3. The van der Waals surface area contributed by atoms with Crippen molar-refractivity contribution in [3.63, 3.8) is 0 Å². The van der Waals surface area contributed by atoms with E-state index in [2.05, 4.69) is 0 Å². The minimum atomic E-state index is -5.16. The number of benzene rings is 1. The lowest BCUT2D eigenvalue weighted by atomic mass is 9.92. The summed E-state index contributed by atoms with van der Waals surface area (Å²) in [7, 11) is 2.17. The molecule has 2 rings (SSSR count). The number of nitrogens with zero attached hydrogens (tertiary/aromatic N) is 1. The lowest BCUT2D eigenvalue weighted by Gasteiger charge is -2.43. The number of esters is 2. The number of piperidine rings is 1. The van der Waals surface area contributed by atoms with Crippen molar-refractivity contribution < 1.29 is 56.0 Å². The quantitative estimate of drug-likeness (QED) is 0.240. The van der Waals surface area contributed by atoms with Crippen LogP contribution >= 0.6 is 0 Å². The highest BCUT2D eigenvalue weighted by atomic mass is 19.4. The molecule has 1 aromatic carbocycles. The van der Waals surface area contributed by atoms with Crippen LogP contribution in [0.5, 0.6) is 0 Å². The van der Waals surface area contributed by atoms with Crippen LogP contribution in [0.2, 0.25) is 0 Å². The summed E-state index contributed by atoms with van der Waals surface area (Å²) in [4.78, 5) is 38.4. The van der Waals surface area contributed by atoms with Crippen molar-refractivity contribution in [2.24, 2.45) is 0 Å². The van der Waals surface area contributed by atoms with Gasteiger partial charge in [-0.25, -0.2) is 9.59 Å². The number of halogens is 3. The van der Waals surface area contributed by atoms with Crippen molar-refractivity contribution in [2.75, 3.05) is 40.8 Å². The molecule has 0 saturated carbocycles. The van der Waals surface area contributed by atoms with Gasteiger partial charge in [-0.05, 0) is 19.8 Å². The second-order valence-electron chi connectivity index (χ2n) is 8.23. The average Bonchev–Trinajstić information content (AvgIpc) is 2.85. The molecule has 1 aromatic rings. The highest BCUT2D eigenvalue weighted by Crippen LogP contribution is 2.43. The van der Waals surface area contributed by atoms with E-state index in [1.165, 1.54) is 37.1 Å². The van der Waals surface area contributed by atoms with Crippen molar-refractivity contribution in [1.82, 2.24) is 4.90 Å². The van der Waals surface area contributed by atoms with Crippen LogP contribution < -0.4 is 0 Å². The van der Waals surface area contributed by atoms with Crippen LogP contribution in [0.15, 0.2) is 30.3 Å². The summed E-state index contributed by atoms with van der Waals surface area (Å²) < 4.78 is 73.4. The van der Waals surface area contributed by atoms with Gasteiger partial charge in [-0.2, -0.15) is 13.2 Å². The monoisotopic (exact) mass is 535 g/mol. The molecule has 208 valence electrons. The molecule has 0 N–H and O–H groups in total. The summed E-state index contributed by atoms with van der Waals surface area (Å²) in [6, 6.07) is 4.66. The van der Waals surface area contributed by atoms with E-state index in [-0.39, 0.29) is 32.8 Å². The number of methoxy groups -OCH3 is 2. The number of hydrogen-bond acceptors (Lipinski definition) is 9. The number of hydrogen-bond donors (Lipinski definition) is 0. The number of amides is 1. The minimum Gasteiger partial charge on any atom is -0.464 e. The highest BCUT2D eigenvalue weighted by Gasteiger charge is 2.64. The largest absolute Gasteiger partial charge is 0.464 e. The molecule has 0 aliphatic carbocycles. The van der Waals surface area contributed by atoms with E-state index >= 15 is 0 Å². The molecule has 0 aromatic heterocycles. The maximum atomic E-state index is 14.2. The molecule has 1 saturated heterocycles. The van der Waals surface area contributed by atoms with Crippen LogP contribution in [0.4, 0.5) is 18.0 Å². The van der Waals surface area contributed by atoms with E-state index in [0.717, 1.165) is 19.2 Å². The molecule has 10 nitrogen and oxygen atoms in total. The summed E-state index contributed by atoms with van der Waals surface area (Å²) in [5.41, 5.74) is -3.85. The molecule has 1 fully saturated rings. The first-order valence-electron chi connectivity index (χ1n) is 11.5. The topological polar surface area (TPSA) is 110 Å². The van der Waals surface area contributed by atoms with Gasteiger partial charge in [0.25, 0.3) is 5.60 Å². The summed E-state index contributed by atoms with van der Waals surface area (Å²) >= 11 is 0. The maximum absolute atomic E-state index is 14.2. The second-order valence-corrected chi connectivity index (χ2v) is 8.23. The molecule has 1 aliphatic rings. The molecule has 1 unspecified atom stereocenters. The number of carbonyl (C=O) groups excluding carboxylic acids is 3. The number of alkyl halides is 3. The van der Waals surface area contributed by atoms with Gasteiger partial charge in [0.1, 0.15) is 20.0 Å². The van der Waals surface area contributed by atoms with Crippen LogP contribution in [0, 0.1) is 0 Å². The number of likely N-dealkylation sites (tertiary alicyclic amines) is 1. The van der Waals surface area contributed by atoms with Crippen LogP contribution in [-0.4, -0.2) is 88.1 Å². The fraction of sp³-hybridized carbons (Fsp3) is 0.625. The number of rotatable bonds is 11. The van der Waals surface area contributed by atoms with Gasteiger partial charge < -0.3 is 28.4 Å². The summed E-state index contributed by atoms with van der Waals surface area (Å²) in [6.07, 6.45) is -6.20. The average molecular weight is 536 g/mol. The van der Waals surface area contributed by atoms with Gasteiger partial charge in [-0.3, -0.25) is 9.69 Å². The zero-order valence-corrected chi connectivity index (χ0v) is 21.1. The Bertz CT molecular complexity index is 899. The molecule has 0 radical (unpaired) electrons. The second kappa shape index (κ2) is 13.6. The normalized spacial score (nSPS) is 21.6. The van der Waals surface area contributed by atoms with Gasteiger partial charge in [0.05, 0.1) is 24.8 Å². The Labute approximate surface area is 212 Å². The van der Waals surface area contributed by atoms with Crippen molar-refractivity contribution in [2.45, 2.75) is 56.7 Å². The van der Waals surface area contributed by atoms with E-state index in [1.807, 2.05) is 0 Å². The molecule has 1 aliphatic heterocycles. The fourth-order valence-electron chi connectivity index (χ4n) is 4.20. The standard InChI is InChI=1S/C24H32F3NO9/c1-5-34-22(31)28-18(13-35-16(2)29)11-20(37-15-32-3)12-19(28)14-36-21(30)23(33-4,24(25,26)27)17-9-7-6-8-10-17/h6-10,18-20H,5,11-15H2,1-4H3/t18-,19+,20-,23?/m1/s1. The van der Waals surface area contributed by atoms with E-state index < -0.39 is 60.2 Å². The SMILES string of the molecule is CCOC(=O)N1[C@H](COC(=O)C(OC)(c2ccccc2)C(F)(F)F)C[C@H](OCOC)C[C@@H]1COC(C)=O. The zero-order valence-electron chi connectivity index (χ0n) is 21.1. The Kier molecular flexibility index (Phi) is 11.1. The Morgan fingerprint density at radius 1 is 0.973 bits per heavy atom. The summed E-state index contributed by atoms with van der Waals surface area (Å²) in [6.45, 7) is 1.85. The van der Waals surface area contributed by atoms with Gasteiger partial charge in [-0.15, -0.1) is 0 Å². The molecule has 4 atom stereocenters.